The predicted octanol–water partition coefficient (Wildman–Crippen LogP) is 4.02. The van der Waals surface area contributed by atoms with Crippen LogP contribution in [0, 0.1) is 13.8 Å². The molecule has 2 aromatic rings. The Hall–Kier alpha value is -1.96. The highest BCUT2D eigenvalue weighted by atomic mass is 79.9. The zero-order valence-electron chi connectivity index (χ0n) is 16.2. The van der Waals surface area contributed by atoms with Gasteiger partial charge >= 0.3 is 0 Å². The van der Waals surface area contributed by atoms with Gasteiger partial charge in [-0.2, -0.15) is 0 Å². The number of carbonyl (C=O) groups excluding carboxylic acids is 1. The zero-order chi connectivity index (χ0) is 20.1. The van der Waals surface area contributed by atoms with Crippen molar-refractivity contribution < 1.29 is 4.79 Å². The fraction of sp³-hybridized carbons (Fsp3) is 0.333. The summed E-state index contributed by atoms with van der Waals surface area (Å²) < 4.78 is 0.993. The number of hydrogen-bond acceptors (Lipinski definition) is 3. The number of amides is 1. The minimum absolute atomic E-state index is 0.00635. The summed E-state index contributed by atoms with van der Waals surface area (Å²) in [7, 11) is 0. The summed E-state index contributed by atoms with van der Waals surface area (Å²) in [6, 6.07) is 13.8. The van der Waals surface area contributed by atoms with Crippen LogP contribution in [0.4, 0.5) is 11.4 Å². The molecular weight excluding hydrogens is 436 g/mol. The van der Waals surface area contributed by atoms with Crippen LogP contribution in [0.25, 0.3) is 0 Å². The second kappa shape index (κ2) is 9.49. The van der Waals surface area contributed by atoms with Gasteiger partial charge in [0.25, 0.3) is 0 Å². The van der Waals surface area contributed by atoms with Gasteiger partial charge in [0.1, 0.15) is 0 Å². The van der Waals surface area contributed by atoms with Crippen molar-refractivity contribution in [2.75, 3.05) is 43.4 Å². The average molecular weight is 461 g/mol. The summed E-state index contributed by atoms with van der Waals surface area (Å²) in [6.45, 7) is 7.82. The zero-order valence-corrected chi connectivity index (χ0v) is 18.6. The third kappa shape index (κ3) is 5.53. The van der Waals surface area contributed by atoms with Gasteiger partial charge in [-0.05, 0) is 67.5 Å². The third-order valence-corrected chi connectivity index (χ3v) is 5.89. The minimum Gasteiger partial charge on any atom is -0.346 e. The number of aryl methyl sites for hydroxylation is 1. The molecule has 0 spiro atoms. The lowest BCUT2D eigenvalue weighted by Gasteiger charge is -2.36. The maximum Gasteiger partial charge on any atom is 0.238 e. The van der Waals surface area contributed by atoms with E-state index in [0.717, 1.165) is 47.1 Å². The minimum atomic E-state index is 0.00635. The summed E-state index contributed by atoms with van der Waals surface area (Å²) >= 11 is 8.99. The fourth-order valence-corrected chi connectivity index (χ4v) is 3.68. The van der Waals surface area contributed by atoms with Gasteiger partial charge in [0.2, 0.25) is 5.91 Å². The van der Waals surface area contributed by atoms with Crippen molar-refractivity contribution in [3.8, 4) is 0 Å². The van der Waals surface area contributed by atoms with Crippen molar-refractivity contribution in [2.45, 2.75) is 13.8 Å². The summed E-state index contributed by atoms with van der Waals surface area (Å²) in [4.78, 5) is 16.6. The number of hydrogen-bond donors (Lipinski definition) is 2. The van der Waals surface area contributed by atoms with Gasteiger partial charge in [0, 0.05) is 42.0 Å². The van der Waals surface area contributed by atoms with Crippen LogP contribution in [0.1, 0.15) is 11.1 Å². The molecular formula is C21H25BrN4OS. The molecule has 1 aliphatic heterocycles. The van der Waals surface area contributed by atoms with Gasteiger partial charge in [-0.25, -0.2) is 0 Å². The predicted molar refractivity (Wildman–Crippen MR) is 123 cm³/mol. The Balaban J connectivity index is 1.46. The first-order valence-corrected chi connectivity index (χ1v) is 10.5. The Bertz CT molecular complexity index is 848. The van der Waals surface area contributed by atoms with E-state index in [2.05, 4.69) is 62.3 Å². The summed E-state index contributed by atoms with van der Waals surface area (Å²) in [6.07, 6.45) is 0. The summed E-state index contributed by atoms with van der Waals surface area (Å²) in [5.41, 5.74) is 4.33. The quantitative estimate of drug-likeness (QED) is 0.674. The molecule has 0 atom stereocenters. The molecule has 1 amide bonds. The van der Waals surface area contributed by atoms with Crippen LogP contribution in [-0.2, 0) is 4.79 Å². The normalized spacial score (nSPS) is 14.6. The van der Waals surface area contributed by atoms with Crippen molar-refractivity contribution in [3.05, 3.63) is 58.1 Å². The molecule has 0 aliphatic carbocycles. The van der Waals surface area contributed by atoms with E-state index in [0.29, 0.717) is 6.54 Å². The van der Waals surface area contributed by atoms with E-state index in [1.165, 1.54) is 11.1 Å². The van der Waals surface area contributed by atoms with Crippen molar-refractivity contribution in [2.24, 2.45) is 0 Å². The van der Waals surface area contributed by atoms with Crippen LogP contribution in [0.15, 0.2) is 46.9 Å². The van der Waals surface area contributed by atoms with Gasteiger partial charge in [0.15, 0.2) is 5.11 Å². The molecule has 0 bridgehead atoms. The maximum absolute atomic E-state index is 12.3. The number of nitrogens with one attached hydrogen (secondary N) is 2. The standard InChI is InChI=1S/C21H25BrN4OS/c1-15-4-3-5-19(16(15)2)24-21(28)26-12-10-25(11-13-26)14-20(27)23-18-8-6-17(22)7-9-18/h3-9H,10-14H2,1-2H3,(H,23,27)(H,24,28). The fourth-order valence-electron chi connectivity index (χ4n) is 3.13. The van der Waals surface area contributed by atoms with Crippen LogP contribution < -0.4 is 10.6 Å². The van der Waals surface area contributed by atoms with E-state index in [-0.39, 0.29) is 5.91 Å². The number of benzene rings is 2. The molecule has 0 saturated carbocycles. The van der Waals surface area contributed by atoms with Crippen molar-refractivity contribution in [1.82, 2.24) is 9.80 Å². The molecule has 2 N–H and O–H groups in total. The number of nitrogens with zero attached hydrogens (tertiary/aromatic N) is 2. The Morgan fingerprint density at radius 2 is 1.71 bits per heavy atom. The first kappa shape index (κ1) is 20.8. The molecule has 1 aliphatic rings. The molecule has 1 fully saturated rings. The molecule has 148 valence electrons. The van der Waals surface area contributed by atoms with E-state index >= 15 is 0 Å². The lowest BCUT2D eigenvalue weighted by Crippen LogP contribution is -2.51. The van der Waals surface area contributed by atoms with Crippen LogP contribution in [0.5, 0.6) is 0 Å². The van der Waals surface area contributed by atoms with Gasteiger partial charge in [-0.1, -0.05) is 28.1 Å². The lowest BCUT2D eigenvalue weighted by atomic mass is 10.1. The summed E-state index contributed by atoms with van der Waals surface area (Å²) in [5.74, 6) is 0.00635. The first-order chi connectivity index (χ1) is 13.4. The van der Waals surface area contributed by atoms with Crippen molar-refractivity contribution in [3.63, 3.8) is 0 Å². The summed E-state index contributed by atoms with van der Waals surface area (Å²) in [5, 5.41) is 7.05. The van der Waals surface area contributed by atoms with Crippen LogP contribution in [0.3, 0.4) is 0 Å². The van der Waals surface area contributed by atoms with Gasteiger partial charge in [-0.3, -0.25) is 9.69 Å². The van der Waals surface area contributed by atoms with E-state index in [4.69, 9.17) is 12.2 Å². The smallest absolute Gasteiger partial charge is 0.238 e. The molecule has 3 rings (SSSR count). The molecule has 0 unspecified atom stereocenters. The third-order valence-electron chi connectivity index (χ3n) is 5.00. The Morgan fingerprint density at radius 3 is 2.39 bits per heavy atom. The average Bonchev–Trinajstić information content (AvgIpc) is 2.68. The Labute approximate surface area is 180 Å². The number of anilines is 2. The van der Waals surface area contributed by atoms with E-state index in [1.54, 1.807) is 0 Å². The number of thiocarbonyl (C=S) groups is 1. The number of rotatable bonds is 4. The monoisotopic (exact) mass is 460 g/mol. The topological polar surface area (TPSA) is 47.6 Å². The number of halogens is 1. The molecule has 2 aromatic carbocycles. The van der Waals surface area contributed by atoms with Crippen molar-refractivity contribution >= 4 is 50.5 Å². The SMILES string of the molecule is Cc1cccc(NC(=S)N2CCN(CC(=O)Nc3ccc(Br)cc3)CC2)c1C. The van der Waals surface area contributed by atoms with Crippen LogP contribution in [-0.4, -0.2) is 53.5 Å². The molecule has 28 heavy (non-hydrogen) atoms. The highest BCUT2D eigenvalue weighted by Crippen LogP contribution is 2.19. The van der Waals surface area contributed by atoms with E-state index < -0.39 is 0 Å². The first-order valence-electron chi connectivity index (χ1n) is 9.32. The van der Waals surface area contributed by atoms with E-state index in [9.17, 15) is 4.79 Å². The van der Waals surface area contributed by atoms with E-state index in [1.807, 2.05) is 30.3 Å². The van der Waals surface area contributed by atoms with Gasteiger partial charge in [-0.15, -0.1) is 0 Å². The second-order valence-corrected chi connectivity index (χ2v) is 8.30. The number of carbonyl (C=O) groups is 1. The highest BCUT2D eigenvalue weighted by molar-refractivity contribution is 9.10. The lowest BCUT2D eigenvalue weighted by molar-refractivity contribution is -0.117. The van der Waals surface area contributed by atoms with Gasteiger partial charge in [0.05, 0.1) is 6.54 Å². The van der Waals surface area contributed by atoms with Crippen LogP contribution >= 0.6 is 28.1 Å². The molecule has 0 radical (unpaired) electrons. The maximum atomic E-state index is 12.3. The highest BCUT2D eigenvalue weighted by Gasteiger charge is 2.21. The largest absolute Gasteiger partial charge is 0.346 e. The molecule has 1 heterocycles. The molecule has 7 heteroatoms. The van der Waals surface area contributed by atoms with Crippen molar-refractivity contribution in [1.29, 1.82) is 0 Å². The Morgan fingerprint density at radius 1 is 1.04 bits per heavy atom. The van der Waals surface area contributed by atoms with Crippen LogP contribution in [0.2, 0.25) is 0 Å². The Kier molecular flexibility index (Phi) is 7.04. The molecule has 1 saturated heterocycles. The number of piperazine rings is 1. The molecule has 5 nitrogen and oxygen atoms in total. The second-order valence-electron chi connectivity index (χ2n) is 7.00. The van der Waals surface area contributed by atoms with Gasteiger partial charge < -0.3 is 15.5 Å². The molecule has 0 aromatic heterocycles.